The summed E-state index contributed by atoms with van der Waals surface area (Å²) in [6.45, 7) is 0.542. The van der Waals surface area contributed by atoms with Crippen molar-refractivity contribution in [1.29, 1.82) is 5.26 Å². The van der Waals surface area contributed by atoms with Crippen molar-refractivity contribution in [3.05, 3.63) is 77.9 Å². The molecule has 2 N–H and O–H groups in total. The molecule has 1 aromatic carbocycles. The number of nitrogens with zero attached hydrogens (tertiary/aromatic N) is 5. The number of aromatic nitrogens is 4. The maximum atomic E-state index is 14.0. The Morgan fingerprint density at radius 1 is 1.10 bits per heavy atom. The minimum absolute atomic E-state index is 0.0983. The van der Waals surface area contributed by atoms with Gasteiger partial charge in [0.15, 0.2) is 17.3 Å². The fourth-order valence-corrected chi connectivity index (χ4v) is 3.67. The van der Waals surface area contributed by atoms with Crippen molar-refractivity contribution in [1.82, 2.24) is 19.5 Å². The number of nitriles is 1. The second-order valence-electron chi connectivity index (χ2n) is 6.91. The van der Waals surface area contributed by atoms with Gasteiger partial charge in [-0.05, 0) is 35.4 Å². The van der Waals surface area contributed by atoms with Crippen LogP contribution in [0.2, 0.25) is 0 Å². The maximum Gasteiger partial charge on any atom is 0.166 e. The Labute approximate surface area is 171 Å². The highest BCUT2D eigenvalue weighted by Gasteiger charge is 2.19. The van der Waals surface area contributed by atoms with Gasteiger partial charge in [-0.25, -0.2) is 14.4 Å². The molecule has 0 atom stereocenters. The zero-order valence-electron chi connectivity index (χ0n) is 15.7. The Morgan fingerprint density at radius 2 is 2.00 bits per heavy atom. The molecule has 0 saturated carbocycles. The van der Waals surface area contributed by atoms with Gasteiger partial charge in [0, 0.05) is 41.8 Å². The topological polar surface area (TPSA) is 103 Å². The molecule has 3 aromatic heterocycles. The Kier molecular flexibility index (Phi) is 4.14. The molecule has 0 aliphatic carbocycles. The molecule has 0 fully saturated rings. The van der Waals surface area contributed by atoms with Crippen LogP contribution in [-0.4, -0.2) is 19.5 Å². The highest BCUT2D eigenvalue weighted by Crippen LogP contribution is 2.34. The number of rotatable bonds is 0. The summed E-state index contributed by atoms with van der Waals surface area (Å²) in [7, 11) is 0. The normalized spacial score (nSPS) is 12.3. The number of anilines is 1. The second-order valence-corrected chi connectivity index (χ2v) is 6.91. The minimum Gasteiger partial charge on any atom is -0.485 e. The monoisotopic (exact) mass is 398 g/mol. The highest BCUT2D eigenvalue weighted by molar-refractivity contribution is 5.72. The summed E-state index contributed by atoms with van der Waals surface area (Å²) >= 11 is 0. The van der Waals surface area contributed by atoms with Crippen molar-refractivity contribution >= 4 is 5.82 Å². The standard InChI is InChI=1S/C22H15FN6O/c23-16-1-2-17-15(5-16)11-30-20-6-14(8-27-22(20)25)21-19(7-24)28-12-29(21)10-13-3-4-26-9-18(13)17/h1-6,8-9,12H,10-11H2,(H2,25,27). The van der Waals surface area contributed by atoms with Crippen LogP contribution in [-0.2, 0) is 13.2 Å². The van der Waals surface area contributed by atoms with E-state index < -0.39 is 0 Å². The van der Waals surface area contributed by atoms with Gasteiger partial charge in [-0.2, -0.15) is 5.26 Å². The van der Waals surface area contributed by atoms with Crippen LogP contribution in [0.4, 0.5) is 10.2 Å². The van der Waals surface area contributed by atoms with Gasteiger partial charge in [-0.1, -0.05) is 6.07 Å². The number of halogens is 1. The summed E-state index contributed by atoms with van der Waals surface area (Å²) in [5.41, 5.74) is 10.8. The molecule has 4 heterocycles. The van der Waals surface area contributed by atoms with Crippen LogP contribution in [0.1, 0.15) is 16.8 Å². The molecular weight excluding hydrogens is 383 g/mol. The molecule has 30 heavy (non-hydrogen) atoms. The summed E-state index contributed by atoms with van der Waals surface area (Å²) < 4.78 is 21.8. The first-order chi connectivity index (χ1) is 14.6. The predicted octanol–water partition coefficient (Wildman–Crippen LogP) is 3.54. The number of imidazole rings is 1. The van der Waals surface area contributed by atoms with Crippen molar-refractivity contribution in [3.8, 4) is 34.2 Å². The minimum atomic E-state index is -0.356. The number of fused-ring (bicyclic) bond motifs is 7. The van der Waals surface area contributed by atoms with Gasteiger partial charge < -0.3 is 15.0 Å². The molecule has 1 aliphatic rings. The Balaban J connectivity index is 1.79. The van der Waals surface area contributed by atoms with E-state index in [9.17, 15) is 9.65 Å². The number of nitrogens with two attached hydrogens (primary N) is 1. The first kappa shape index (κ1) is 17.8. The van der Waals surface area contributed by atoms with Crippen molar-refractivity contribution in [2.45, 2.75) is 13.2 Å². The average Bonchev–Trinajstić information content (AvgIpc) is 3.16. The van der Waals surface area contributed by atoms with E-state index in [4.69, 9.17) is 10.5 Å². The molecule has 0 spiro atoms. The predicted molar refractivity (Wildman–Crippen MR) is 108 cm³/mol. The second kappa shape index (κ2) is 6.97. The molecular formula is C22H15FN6O. The van der Waals surface area contributed by atoms with E-state index in [-0.39, 0.29) is 23.9 Å². The molecule has 8 heteroatoms. The van der Waals surface area contributed by atoms with Crippen LogP contribution in [0.5, 0.6) is 5.75 Å². The maximum absolute atomic E-state index is 14.0. The van der Waals surface area contributed by atoms with Gasteiger partial charge in [0.25, 0.3) is 0 Å². The lowest BCUT2D eigenvalue weighted by Crippen LogP contribution is -2.08. The van der Waals surface area contributed by atoms with Crippen LogP contribution in [0, 0.1) is 17.1 Å². The van der Waals surface area contributed by atoms with E-state index in [1.54, 1.807) is 37.1 Å². The van der Waals surface area contributed by atoms with E-state index >= 15 is 0 Å². The highest BCUT2D eigenvalue weighted by atomic mass is 19.1. The molecule has 146 valence electrons. The fraction of sp³-hybridized carbons (Fsp3) is 0.0909. The summed E-state index contributed by atoms with van der Waals surface area (Å²) in [5, 5.41) is 9.56. The van der Waals surface area contributed by atoms with Crippen molar-refractivity contribution < 1.29 is 9.13 Å². The fourth-order valence-electron chi connectivity index (χ4n) is 3.67. The number of hydrogen-bond acceptors (Lipinski definition) is 6. The summed E-state index contributed by atoms with van der Waals surface area (Å²) in [6.07, 6.45) is 6.65. The van der Waals surface area contributed by atoms with Crippen LogP contribution in [0.15, 0.2) is 55.2 Å². The first-order valence-electron chi connectivity index (χ1n) is 9.19. The molecule has 2 bridgehead atoms. The Morgan fingerprint density at radius 3 is 2.87 bits per heavy atom. The van der Waals surface area contributed by atoms with Gasteiger partial charge >= 0.3 is 0 Å². The largest absolute Gasteiger partial charge is 0.485 e. The van der Waals surface area contributed by atoms with Gasteiger partial charge in [0.1, 0.15) is 18.5 Å². The molecule has 0 unspecified atom stereocenters. The molecule has 5 rings (SSSR count). The molecule has 0 radical (unpaired) electrons. The van der Waals surface area contributed by atoms with Crippen molar-refractivity contribution in [2.75, 3.05) is 5.73 Å². The number of pyridine rings is 2. The number of hydrogen-bond donors (Lipinski definition) is 1. The molecule has 4 aromatic rings. The molecule has 1 aliphatic heterocycles. The van der Waals surface area contributed by atoms with Gasteiger partial charge in [-0.15, -0.1) is 0 Å². The smallest absolute Gasteiger partial charge is 0.166 e. The number of ether oxygens (including phenoxy) is 1. The van der Waals surface area contributed by atoms with Gasteiger partial charge in [0.05, 0.1) is 12.0 Å². The summed E-state index contributed by atoms with van der Waals surface area (Å²) in [4.78, 5) is 12.7. The molecule has 0 amide bonds. The molecule has 0 saturated heterocycles. The third kappa shape index (κ3) is 2.93. The van der Waals surface area contributed by atoms with Crippen LogP contribution in [0.3, 0.4) is 0 Å². The Hall–Kier alpha value is -4.25. The van der Waals surface area contributed by atoms with Crippen molar-refractivity contribution in [3.63, 3.8) is 0 Å². The SMILES string of the molecule is N#Cc1ncn2c1-c1cnc(N)c(c1)OCc1cc(F)ccc1-c1cnccc1C2. The van der Waals surface area contributed by atoms with E-state index in [1.165, 1.54) is 12.1 Å². The lowest BCUT2D eigenvalue weighted by atomic mass is 9.97. The van der Waals surface area contributed by atoms with E-state index in [2.05, 4.69) is 21.0 Å². The van der Waals surface area contributed by atoms with E-state index in [1.807, 2.05) is 10.6 Å². The van der Waals surface area contributed by atoms with Crippen LogP contribution in [0.25, 0.3) is 22.4 Å². The average molecular weight is 398 g/mol. The van der Waals surface area contributed by atoms with Gasteiger partial charge in [-0.3, -0.25) is 4.98 Å². The zero-order valence-corrected chi connectivity index (χ0v) is 15.7. The van der Waals surface area contributed by atoms with E-state index in [0.29, 0.717) is 29.1 Å². The third-order valence-corrected chi connectivity index (χ3v) is 5.09. The van der Waals surface area contributed by atoms with Gasteiger partial charge in [0.2, 0.25) is 0 Å². The number of nitrogen functional groups attached to an aromatic ring is 1. The first-order valence-corrected chi connectivity index (χ1v) is 9.19. The molecule has 7 nitrogen and oxygen atoms in total. The lowest BCUT2D eigenvalue weighted by molar-refractivity contribution is 0.307. The summed E-state index contributed by atoms with van der Waals surface area (Å²) in [5.74, 6) is 0.206. The third-order valence-electron chi connectivity index (χ3n) is 5.09. The van der Waals surface area contributed by atoms with Crippen molar-refractivity contribution in [2.24, 2.45) is 0 Å². The number of benzene rings is 1. The van der Waals surface area contributed by atoms with Crippen LogP contribution < -0.4 is 10.5 Å². The summed E-state index contributed by atoms with van der Waals surface area (Å²) in [6, 6.07) is 10.3. The zero-order chi connectivity index (χ0) is 20.7. The quantitative estimate of drug-likeness (QED) is 0.486. The van der Waals surface area contributed by atoms with E-state index in [0.717, 1.165) is 16.7 Å². The lowest BCUT2D eigenvalue weighted by Gasteiger charge is -2.18. The Bertz CT molecular complexity index is 1320. The van der Waals surface area contributed by atoms with Crippen LogP contribution >= 0.6 is 0 Å².